The molecule has 0 aromatic heterocycles. The van der Waals surface area contributed by atoms with Gasteiger partial charge in [0.15, 0.2) is 5.56 Å². The molecule has 0 amide bonds. The monoisotopic (exact) mass is 131 g/mol. The largest absolute Gasteiger partial charge is 0.352 e. The first-order valence-corrected chi connectivity index (χ1v) is 3.99. The second-order valence-corrected chi connectivity index (χ2v) is 3.23. The summed E-state index contributed by atoms with van der Waals surface area (Å²) < 4.78 is 5.37. The first-order valence-electron chi connectivity index (χ1n) is 2.94. The van der Waals surface area contributed by atoms with E-state index in [-0.39, 0.29) is 0 Å². The highest BCUT2D eigenvalue weighted by Crippen LogP contribution is 2.27. The van der Waals surface area contributed by atoms with Crippen molar-refractivity contribution in [1.29, 1.82) is 0 Å². The minimum absolute atomic E-state index is 0.426. The second-order valence-electron chi connectivity index (χ2n) is 2.08. The summed E-state index contributed by atoms with van der Waals surface area (Å²) >= 11 is 1.92. The van der Waals surface area contributed by atoms with Crippen LogP contribution in [0, 0.1) is 0 Å². The van der Waals surface area contributed by atoms with Gasteiger partial charge in [-0.15, -0.1) is 11.8 Å². The van der Waals surface area contributed by atoms with Crippen molar-refractivity contribution >= 4 is 11.8 Å². The summed E-state index contributed by atoms with van der Waals surface area (Å²) in [5, 5.41) is 0. The van der Waals surface area contributed by atoms with Crippen LogP contribution in [-0.4, -0.2) is 35.9 Å². The molecule has 0 unspecified atom stereocenters. The summed E-state index contributed by atoms with van der Waals surface area (Å²) in [4.78, 5) is 2.38. The lowest BCUT2D eigenvalue weighted by molar-refractivity contribution is 0.120. The van der Waals surface area contributed by atoms with E-state index in [1.54, 1.807) is 0 Å². The van der Waals surface area contributed by atoms with E-state index < -0.39 is 0 Å². The quantitative estimate of drug-likeness (QED) is 0.470. The summed E-state index contributed by atoms with van der Waals surface area (Å²) in [5.41, 5.74) is 0.426. The van der Waals surface area contributed by atoms with Crippen molar-refractivity contribution in [2.45, 2.75) is 5.56 Å². The van der Waals surface area contributed by atoms with Crippen molar-refractivity contribution in [2.24, 2.45) is 0 Å². The molecule has 0 bridgehead atoms. The molecule has 2 heterocycles. The van der Waals surface area contributed by atoms with Crippen LogP contribution in [0.2, 0.25) is 0 Å². The zero-order valence-corrected chi connectivity index (χ0v) is 5.49. The van der Waals surface area contributed by atoms with Crippen molar-refractivity contribution in [1.82, 2.24) is 4.90 Å². The van der Waals surface area contributed by atoms with Crippen LogP contribution in [0.1, 0.15) is 0 Å². The molecule has 0 aromatic carbocycles. The van der Waals surface area contributed by atoms with E-state index in [1.807, 2.05) is 11.8 Å². The minimum Gasteiger partial charge on any atom is -0.352 e. The lowest BCUT2D eigenvalue weighted by Gasteiger charge is -2.08. The van der Waals surface area contributed by atoms with E-state index in [4.69, 9.17) is 4.74 Å². The predicted molar refractivity (Wildman–Crippen MR) is 33.8 cm³/mol. The summed E-state index contributed by atoms with van der Waals surface area (Å²) in [6, 6.07) is 0. The van der Waals surface area contributed by atoms with Crippen LogP contribution < -0.4 is 0 Å². The van der Waals surface area contributed by atoms with Gasteiger partial charge in [-0.3, -0.25) is 4.90 Å². The smallest absolute Gasteiger partial charge is 0.158 e. The fourth-order valence-electron chi connectivity index (χ4n) is 1.12. The summed E-state index contributed by atoms with van der Waals surface area (Å²) in [6.07, 6.45) is 0. The number of ether oxygens (including phenoxy) is 1. The van der Waals surface area contributed by atoms with E-state index in [9.17, 15) is 0 Å². The summed E-state index contributed by atoms with van der Waals surface area (Å²) in [5.74, 6) is 1.25. The Hall–Kier alpha value is 0.270. The molecule has 3 heteroatoms. The standard InChI is InChI=1S/C5H9NOS/c1-3-7-5-6(1)2-4-8-5/h5H,1-4H2/t5-/m0/s1. The molecule has 46 valence electrons. The number of thioether (sulfide) groups is 1. The molecule has 8 heavy (non-hydrogen) atoms. The van der Waals surface area contributed by atoms with Crippen LogP contribution in [0.4, 0.5) is 0 Å². The van der Waals surface area contributed by atoms with E-state index in [1.165, 1.54) is 12.3 Å². The Bertz CT molecular complexity index is 78.4. The van der Waals surface area contributed by atoms with Gasteiger partial charge in [0.2, 0.25) is 0 Å². The van der Waals surface area contributed by atoms with E-state index in [0.29, 0.717) is 5.56 Å². The Balaban J connectivity index is 2.04. The lowest BCUT2D eigenvalue weighted by Crippen LogP contribution is -2.21. The molecule has 2 aliphatic rings. The maximum absolute atomic E-state index is 5.37. The maximum atomic E-state index is 5.37. The predicted octanol–water partition coefficient (Wildman–Crippen LogP) is 0.349. The van der Waals surface area contributed by atoms with Crippen molar-refractivity contribution in [3.63, 3.8) is 0 Å². The summed E-state index contributed by atoms with van der Waals surface area (Å²) in [7, 11) is 0. The first kappa shape index (κ1) is 5.09. The van der Waals surface area contributed by atoms with Gasteiger partial charge in [-0.1, -0.05) is 0 Å². The third-order valence-electron chi connectivity index (χ3n) is 1.58. The lowest BCUT2D eigenvalue weighted by atomic mass is 10.6. The Morgan fingerprint density at radius 3 is 3.38 bits per heavy atom. The Morgan fingerprint density at radius 1 is 1.50 bits per heavy atom. The van der Waals surface area contributed by atoms with Gasteiger partial charge in [0.1, 0.15) is 0 Å². The molecule has 0 aliphatic carbocycles. The van der Waals surface area contributed by atoms with Crippen LogP contribution in [0.5, 0.6) is 0 Å². The van der Waals surface area contributed by atoms with E-state index >= 15 is 0 Å². The highest BCUT2D eigenvalue weighted by atomic mass is 32.2. The van der Waals surface area contributed by atoms with Crippen molar-refractivity contribution in [3.8, 4) is 0 Å². The molecule has 2 rings (SSSR count). The first-order chi connectivity index (χ1) is 3.97. The molecular formula is C5H9NOS. The van der Waals surface area contributed by atoms with Crippen LogP contribution in [0.3, 0.4) is 0 Å². The Kier molecular flexibility index (Phi) is 1.21. The van der Waals surface area contributed by atoms with Crippen LogP contribution in [0.15, 0.2) is 0 Å². The highest BCUT2D eigenvalue weighted by molar-refractivity contribution is 7.99. The fourth-order valence-corrected chi connectivity index (χ4v) is 2.28. The molecule has 2 nitrogen and oxygen atoms in total. The third kappa shape index (κ3) is 0.658. The summed E-state index contributed by atoms with van der Waals surface area (Å²) in [6.45, 7) is 3.32. The van der Waals surface area contributed by atoms with Gasteiger partial charge in [-0.2, -0.15) is 0 Å². The topological polar surface area (TPSA) is 12.5 Å². The molecule has 1 atom stereocenters. The fraction of sp³-hybridized carbons (Fsp3) is 1.00. The second kappa shape index (κ2) is 1.90. The van der Waals surface area contributed by atoms with E-state index in [0.717, 1.165) is 13.2 Å². The van der Waals surface area contributed by atoms with Gasteiger partial charge in [-0.05, 0) is 0 Å². The van der Waals surface area contributed by atoms with Crippen LogP contribution in [0.25, 0.3) is 0 Å². The maximum Gasteiger partial charge on any atom is 0.158 e. The van der Waals surface area contributed by atoms with Gasteiger partial charge in [0.05, 0.1) is 6.61 Å². The molecule has 0 aromatic rings. The SMILES string of the molecule is C1CN2CCS[C@@H]2O1. The van der Waals surface area contributed by atoms with Gasteiger partial charge in [0.25, 0.3) is 0 Å². The minimum atomic E-state index is 0.426. The molecule has 2 aliphatic heterocycles. The molecule has 0 N–H and O–H groups in total. The number of hydrogen-bond acceptors (Lipinski definition) is 3. The molecular weight excluding hydrogens is 122 g/mol. The number of rotatable bonds is 0. The molecule has 0 spiro atoms. The molecule has 0 radical (unpaired) electrons. The van der Waals surface area contributed by atoms with E-state index in [2.05, 4.69) is 4.90 Å². The zero-order chi connectivity index (χ0) is 5.40. The molecule has 2 saturated heterocycles. The Morgan fingerprint density at radius 2 is 2.50 bits per heavy atom. The zero-order valence-electron chi connectivity index (χ0n) is 4.67. The third-order valence-corrected chi connectivity index (χ3v) is 2.71. The number of nitrogens with zero attached hydrogens (tertiary/aromatic N) is 1. The van der Waals surface area contributed by atoms with Crippen LogP contribution in [-0.2, 0) is 4.74 Å². The van der Waals surface area contributed by atoms with Gasteiger partial charge in [-0.25, -0.2) is 0 Å². The molecule has 0 saturated carbocycles. The van der Waals surface area contributed by atoms with Crippen molar-refractivity contribution < 1.29 is 4.74 Å². The van der Waals surface area contributed by atoms with Gasteiger partial charge >= 0.3 is 0 Å². The van der Waals surface area contributed by atoms with Gasteiger partial charge < -0.3 is 4.74 Å². The van der Waals surface area contributed by atoms with Crippen LogP contribution >= 0.6 is 11.8 Å². The Labute approximate surface area is 53.2 Å². The highest BCUT2D eigenvalue weighted by Gasteiger charge is 2.29. The van der Waals surface area contributed by atoms with Crippen molar-refractivity contribution in [2.75, 3.05) is 25.4 Å². The van der Waals surface area contributed by atoms with Crippen molar-refractivity contribution in [3.05, 3.63) is 0 Å². The van der Waals surface area contributed by atoms with Gasteiger partial charge in [0, 0.05) is 18.8 Å². The average molecular weight is 131 g/mol. The average Bonchev–Trinajstić information content (AvgIpc) is 2.15. The molecule has 2 fully saturated rings. The number of hydrogen-bond donors (Lipinski definition) is 0. The number of fused-ring (bicyclic) bond motifs is 1. The normalized spacial score (nSPS) is 38.2.